The first-order valence-electron chi connectivity index (χ1n) is 6.86. The van der Waals surface area contributed by atoms with Crippen molar-refractivity contribution in [2.24, 2.45) is 0 Å². The number of nitrogens with zero attached hydrogens (tertiary/aromatic N) is 2. The number of thiazole rings is 1. The number of aryl methyl sites for hydroxylation is 1. The highest BCUT2D eigenvalue weighted by molar-refractivity contribution is 9.10. The third kappa shape index (κ3) is 2.36. The Labute approximate surface area is 140 Å². The summed E-state index contributed by atoms with van der Waals surface area (Å²) < 4.78 is 2.29. The van der Waals surface area contributed by atoms with E-state index in [9.17, 15) is 0 Å². The highest BCUT2D eigenvalue weighted by atomic mass is 79.9. The maximum Gasteiger partial charge on any atom is 0.0832 e. The maximum atomic E-state index is 4.46. The third-order valence-corrected chi connectivity index (χ3v) is 5.30. The van der Waals surface area contributed by atoms with Crippen molar-refractivity contribution in [3.05, 3.63) is 58.1 Å². The molecule has 0 spiro atoms. The number of fused-ring (bicyclic) bond motifs is 2. The summed E-state index contributed by atoms with van der Waals surface area (Å²) in [5.41, 5.74) is 7.13. The first kappa shape index (κ1) is 13.7. The lowest BCUT2D eigenvalue weighted by atomic mass is 10.1. The molecule has 0 fully saturated rings. The van der Waals surface area contributed by atoms with E-state index in [1.54, 1.807) is 11.3 Å². The van der Waals surface area contributed by atoms with Gasteiger partial charge in [-0.1, -0.05) is 15.9 Å². The molecular weight excluding hydrogens is 358 g/mol. The summed E-state index contributed by atoms with van der Waals surface area (Å²) in [5.74, 6) is 0. The van der Waals surface area contributed by atoms with Crippen LogP contribution in [0.15, 0.2) is 52.6 Å². The highest BCUT2D eigenvalue weighted by Gasteiger charge is 2.06. The zero-order chi connectivity index (χ0) is 15.1. The zero-order valence-electron chi connectivity index (χ0n) is 11.8. The number of aromatic nitrogens is 2. The Hall–Kier alpha value is -1.98. The van der Waals surface area contributed by atoms with E-state index < -0.39 is 0 Å². The molecule has 0 bridgehead atoms. The van der Waals surface area contributed by atoms with Crippen LogP contribution in [0.25, 0.3) is 21.1 Å². The van der Waals surface area contributed by atoms with Crippen LogP contribution in [0.3, 0.4) is 0 Å². The van der Waals surface area contributed by atoms with Gasteiger partial charge in [0.25, 0.3) is 0 Å². The summed E-state index contributed by atoms with van der Waals surface area (Å²) >= 11 is 5.25. The van der Waals surface area contributed by atoms with Crippen LogP contribution in [0, 0.1) is 6.92 Å². The molecule has 2 heterocycles. The molecule has 0 aliphatic carbocycles. The van der Waals surface area contributed by atoms with Crippen molar-refractivity contribution < 1.29 is 0 Å². The monoisotopic (exact) mass is 369 g/mol. The van der Waals surface area contributed by atoms with E-state index in [-0.39, 0.29) is 0 Å². The van der Waals surface area contributed by atoms with Crippen LogP contribution in [-0.4, -0.2) is 9.97 Å². The fraction of sp³-hybridized carbons (Fsp3) is 0.0588. The van der Waals surface area contributed by atoms with Gasteiger partial charge in [0, 0.05) is 27.4 Å². The minimum atomic E-state index is 0.987. The molecule has 0 atom stereocenters. The fourth-order valence-corrected chi connectivity index (χ4v) is 3.47. The van der Waals surface area contributed by atoms with Gasteiger partial charge in [-0.2, -0.15) is 0 Å². The van der Waals surface area contributed by atoms with Crippen molar-refractivity contribution in [1.29, 1.82) is 0 Å². The normalized spacial score (nSPS) is 11.2. The SMILES string of the molecule is Cc1cc2nccc(Nc3ccc4scnc4c3)c2cc1Br. The number of anilines is 2. The third-order valence-electron chi connectivity index (χ3n) is 3.63. The number of pyridine rings is 1. The van der Waals surface area contributed by atoms with Crippen molar-refractivity contribution in [2.75, 3.05) is 5.32 Å². The molecule has 22 heavy (non-hydrogen) atoms. The van der Waals surface area contributed by atoms with Gasteiger partial charge in [0.15, 0.2) is 0 Å². The van der Waals surface area contributed by atoms with Gasteiger partial charge in [0.2, 0.25) is 0 Å². The number of halogens is 1. The van der Waals surface area contributed by atoms with Gasteiger partial charge in [-0.3, -0.25) is 4.98 Å². The quantitative estimate of drug-likeness (QED) is 0.495. The Morgan fingerprint density at radius 2 is 1.95 bits per heavy atom. The van der Waals surface area contributed by atoms with E-state index >= 15 is 0 Å². The van der Waals surface area contributed by atoms with Crippen molar-refractivity contribution in [2.45, 2.75) is 6.92 Å². The molecule has 4 rings (SSSR count). The lowest BCUT2D eigenvalue weighted by Crippen LogP contribution is -1.93. The molecule has 0 saturated heterocycles. The fourth-order valence-electron chi connectivity index (χ4n) is 2.47. The maximum absolute atomic E-state index is 4.46. The highest BCUT2D eigenvalue weighted by Crippen LogP contribution is 2.31. The van der Waals surface area contributed by atoms with Gasteiger partial charge in [0.05, 0.1) is 21.2 Å². The van der Waals surface area contributed by atoms with Crippen LogP contribution in [-0.2, 0) is 0 Å². The molecule has 0 amide bonds. The van der Waals surface area contributed by atoms with E-state index in [0.717, 1.165) is 32.3 Å². The van der Waals surface area contributed by atoms with E-state index in [1.165, 1.54) is 10.3 Å². The molecule has 4 aromatic rings. The molecule has 3 nitrogen and oxygen atoms in total. The number of benzene rings is 2. The Morgan fingerprint density at radius 1 is 1.05 bits per heavy atom. The Bertz CT molecular complexity index is 994. The lowest BCUT2D eigenvalue weighted by Gasteiger charge is -2.11. The Kier molecular flexibility index (Phi) is 3.32. The second-order valence-electron chi connectivity index (χ2n) is 5.14. The van der Waals surface area contributed by atoms with Crippen LogP contribution in [0.1, 0.15) is 5.56 Å². The van der Waals surface area contributed by atoms with Gasteiger partial charge in [-0.25, -0.2) is 4.98 Å². The topological polar surface area (TPSA) is 37.8 Å². The van der Waals surface area contributed by atoms with Gasteiger partial charge in [-0.05, 0) is 48.9 Å². The molecule has 2 aromatic carbocycles. The summed E-state index contributed by atoms with van der Waals surface area (Å²) in [5, 5.41) is 4.58. The first-order chi connectivity index (χ1) is 10.7. The lowest BCUT2D eigenvalue weighted by molar-refractivity contribution is 1.37. The molecule has 0 aliphatic heterocycles. The van der Waals surface area contributed by atoms with Crippen LogP contribution in [0.4, 0.5) is 11.4 Å². The smallest absolute Gasteiger partial charge is 0.0832 e. The van der Waals surface area contributed by atoms with Crippen LogP contribution >= 0.6 is 27.3 Å². The van der Waals surface area contributed by atoms with Crippen LogP contribution in [0.5, 0.6) is 0 Å². The Morgan fingerprint density at radius 3 is 2.86 bits per heavy atom. The molecule has 108 valence electrons. The van der Waals surface area contributed by atoms with Crippen LogP contribution < -0.4 is 5.32 Å². The molecule has 1 N–H and O–H groups in total. The largest absolute Gasteiger partial charge is 0.355 e. The molecule has 5 heteroatoms. The number of nitrogens with one attached hydrogen (secondary N) is 1. The number of hydrogen-bond donors (Lipinski definition) is 1. The van der Waals surface area contributed by atoms with Crippen LogP contribution in [0.2, 0.25) is 0 Å². The predicted octanol–water partition coefficient (Wildman–Crippen LogP) is 5.66. The van der Waals surface area contributed by atoms with Crippen molar-refractivity contribution in [3.63, 3.8) is 0 Å². The first-order valence-corrected chi connectivity index (χ1v) is 8.53. The average molecular weight is 370 g/mol. The van der Waals surface area contributed by atoms with E-state index in [0.29, 0.717) is 0 Å². The van der Waals surface area contributed by atoms with E-state index in [2.05, 4.69) is 68.5 Å². The van der Waals surface area contributed by atoms with Crippen molar-refractivity contribution in [1.82, 2.24) is 9.97 Å². The number of hydrogen-bond acceptors (Lipinski definition) is 4. The molecule has 0 unspecified atom stereocenters. The zero-order valence-corrected chi connectivity index (χ0v) is 14.2. The van der Waals surface area contributed by atoms with E-state index in [1.807, 2.05) is 17.8 Å². The summed E-state index contributed by atoms with van der Waals surface area (Å²) in [6.45, 7) is 2.07. The van der Waals surface area contributed by atoms with Gasteiger partial charge in [-0.15, -0.1) is 11.3 Å². The summed E-state index contributed by atoms with van der Waals surface area (Å²) in [4.78, 5) is 8.82. The van der Waals surface area contributed by atoms with Gasteiger partial charge in [0.1, 0.15) is 0 Å². The second-order valence-corrected chi connectivity index (χ2v) is 6.88. The van der Waals surface area contributed by atoms with Gasteiger partial charge < -0.3 is 5.32 Å². The minimum Gasteiger partial charge on any atom is -0.355 e. The summed E-state index contributed by atoms with van der Waals surface area (Å²) in [6, 6.07) is 12.4. The van der Waals surface area contributed by atoms with Crippen molar-refractivity contribution >= 4 is 59.8 Å². The summed E-state index contributed by atoms with van der Waals surface area (Å²) in [6.07, 6.45) is 1.83. The molecular formula is C17H12BrN3S. The second kappa shape index (κ2) is 5.34. The molecule has 0 radical (unpaired) electrons. The van der Waals surface area contributed by atoms with E-state index in [4.69, 9.17) is 0 Å². The minimum absolute atomic E-state index is 0.987. The molecule has 2 aromatic heterocycles. The van der Waals surface area contributed by atoms with Crippen molar-refractivity contribution in [3.8, 4) is 0 Å². The Balaban J connectivity index is 1.81. The standard InChI is InChI=1S/C17H12BrN3S/c1-10-6-15-12(8-13(10)18)14(4-5-19-15)21-11-2-3-17-16(7-11)20-9-22-17/h2-9H,1H3,(H,19,21). The average Bonchev–Trinajstić information content (AvgIpc) is 2.97. The number of rotatable bonds is 2. The summed E-state index contributed by atoms with van der Waals surface area (Å²) in [7, 11) is 0. The molecule has 0 saturated carbocycles. The van der Waals surface area contributed by atoms with Gasteiger partial charge >= 0.3 is 0 Å². The molecule has 0 aliphatic rings. The predicted molar refractivity (Wildman–Crippen MR) is 97.1 cm³/mol.